The first-order valence-electron chi connectivity index (χ1n) is 6.39. The molecule has 0 saturated heterocycles. The van der Waals surface area contributed by atoms with Crippen LogP contribution in [0.3, 0.4) is 0 Å². The van der Waals surface area contributed by atoms with E-state index in [1.165, 1.54) is 4.68 Å². The van der Waals surface area contributed by atoms with Gasteiger partial charge in [0.05, 0.1) is 5.69 Å². The number of carbonyl (C=O) groups excluding carboxylic acids is 1. The predicted molar refractivity (Wildman–Crippen MR) is 73.6 cm³/mol. The molecule has 0 bridgehead atoms. The van der Waals surface area contributed by atoms with Gasteiger partial charge < -0.3 is 4.74 Å². The minimum absolute atomic E-state index is 0.00102. The summed E-state index contributed by atoms with van der Waals surface area (Å²) in [5.41, 5.74) is 2.76. The van der Waals surface area contributed by atoms with E-state index < -0.39 is 0 Å². The van der Waals surface area contributed by atoms with Gasteiger partial charge in [0, 0.05) is 5.69 Å². The minimum atomic E-state index is -0.156. The lowest BCUT2D eigenvalue weighted by molar-refractivity contribution is 0.0817. The van der Waals surface area contributed by atoms with Gasteiger partial charge >= 0.3 is 0 Å². The number of hydrogen-bond acceptors (Lipinski definition) is 3. The first-order chi connectivity index (χ1) is 9.11. The van der Waals surface area contributed by atoms with Crippen molar-refractivity contribution in [1.29, 1.82) is 0 Å². The number of hydrogen-bond donors (Lipinski definition) is 0. The van der Waals surface area contributed by atoms with Crippen molar-refractivity contribution in [2.45, 2.75) is 27.2 Å². The van der Waals surface area contributed by atoms with Crippen molar-refractivity contribution in [3.63, 3.8) is 0 Å². The molecule has 0 aliphatic rings. The SMILES string of the molecule is CCc1ccccc1OCC(=O)n1nc(C)cc1C. The molecule has 4 nitrogen and oxygen atoms in total. The smallest absolute Gasteiger partial charge is 0.284 e. The molecule has 0 radical (unpaired) electrons. The average Bonchev–Trinajstić information content (AvgIpc) is 2.75. The summed E-state index contributed by atoms with van der Waals surface area (Å²) in [6, 6.07) is 9.63. The first kappa shape index (κ1) is 13.3. The van der Waals surface area contributed by atoms with Gasteiger partial charge in [0.15, 0.2) is 6.61 Å². The summed E-state index contributed by atoms with van der Waals surface area (Å²) in [6.07, 6.45) is 0.879. The van der Waals surface area contributed by atoms with Crippen LogP contribution in [0.1, 0.15) is 28.7 Å². The predicted octanol–water partition coefficient (Wildman–Crippen LogP) is 2.78. The Bertz CT molecular complexity index is 588. The third kappa shape index (κ3) is 3.02. The van der Waals surface area contributed by atoms with Crippen molar-refractivity contribution in [3.05, 3.63) is 47.3 Å². The van der Waals surface area contributed by atoms with Crippen LogP contribution in [0.25, 0.3) is 0 Å². The molecular weight excluding hydrogens is 240 g/mol. The molecule has 100 valence electrons. The maximum atomic E-state index is 12.0. The summed E-state index contributed by atoms with van der Waals surface area (Å²) in [4.78, 5) is 12.0. The van der Waals surface area contributed by atoms with E-state index in [0.29, 0.717) is 0 Å². The van der Waals surface area contributed by atoms with Gasteiger partial charge in [0.2, 0.25) is 0 Å². The molecular formula is C15H18N2O2. The molecule has 2 aromatic rings. The Morgan fingerprint density at radius 2 is 2.05 bits per heavy atom. The van der Waals surface area contributed by atoms with Crippen LogP contribution in [0.5, 0.6) is 5.75 Å². The molecule has 0 aliphatic heterocycles. The van der Waals surface area contributed by atoms with Crippen molar-refractivity contribution in [2.24, 2.45) is 0 Å². The summed E-state index contributed by atoms with van der Waals surface area (Å²) in [5.74, 6) is 0.608. The maximum Gasteiger partial charge on any atom is 0.284 e. The van der Waals surface area contributed by atoms with Crippen molar-refractivity contribution in [3.8, 4) is 5.75 Å². The number of nitrogens with zero attached hydrogens (tertiary/aromatic N) is 2. The minimum Gasteiger partial charge on any atom is -0.483 e. The van der Waals surface area contributed by atoms with E-state index in [4.69, 9.17) is 4.74 Å². The number of para-hydroxylation sites is 1. The largest absolute Gasteiger partial charge is 0.483 e. The van der Waals surface area contributed by atoms with Crippen LogP contribution >= 0.6 is 0 Å². The van der Waals surface area contributed by atoms with E-state index in [-0.39, 0.29) is 12.5 Å². The van der Waals surface area contributed by atoms with Crippen LogP contribution < -0.4 is 4.74 Å². The third-order valence-electron chi connectivity index (χ3n) is 2.95. The third-order valence-corrected chi connectivity index (χ3v) is 2.95. The molecule has 0 N–H and O–H groups in total. The molecule has 1 aromatic heterocycles. The zero-order valence-corrected chi connectivity index (χ0v) is 11.5. The van der Waals surface area contributed by atoms with Gasteiger partial charge in [-0.2, -0.15) is 5.10 Å². The van der Waals surface area contributed by atoms with E-state index in [2.05, 4.69) is 12.0 Å². The van der Waals surface area contributed by atoms with Gasteiger partial charge in [0.1, 0.15) is 5.75 Å². The van der Waals surface area contributed by atoms with E-state index in [1.54, 1.807) is 0 Å². The van der Waals surface area contributed by atoms with Gasteiger partial charge in [0.25, 0.3) is 5.91 Å². The van der Waals surface area contributed by atoms with Gasteiger partial charge in [-0.15, -0.1) is 0 Å². The Kier molecular flexibility index (Phi) is 4.00. The average molecular weight is 258 g/mol. The highest BCUT2D eigenvalue weighted by atomic mass is 16.5. The number of carbonyl (C=O) groups is 1. The van der Waals surface area contributed by atoms with E-state index >= 15 is 0 Å². The Balaban J connectivity index is 2.06. The highest BCUT2D eigenvalue weighted by molar-refractivity contribution is 5.80. The maximum absolute atomic E-state index is 12.0. The molecule has 0 fully saturated rings. The zero-order chi connectivity index (χ0) is 13.8. The molecule has 1 heterocycles. The molecule has 0 aliphatic carbocycles. The van der Waals surface area contributed by atoms with Crippen molar-refractivity contribution >= 4 is 5.91 Å². The van der Waals surface area contributed by atoms with Crippen LogP contribution in [0.2, 0.25) is 0 Å². The molecule has 0 amide bonds. The lowest BCUT2D eigenvalue weighted by Gasteiger charge is -2.10. The molecule has 0 atom stereocenters. The fraction of sp³-hybridized carbons (Fsp3) is 0.333. The number of rotatable bonds is 4. The summed E-state index contributed by atoms with van der Waals surface area (Å²) in [5, 5.41) is 4.15. The van der Waals surface area contributed by atoms with Gasteiger partial charge in [-0.25, -0.2) is 4.68 Å². The summed E-state index contributed by atoms with van der Waals surface area (Å²) >= 11 is 0. The molecule has 1 aromatic carbocycles. The second kappa shape index (κ2) is 5.69. The second-order valence-corrected chi connectivity index (χ2v) is 4.48. The molecule has 0 spiro atoms. The first-order valence-corrected chi connectivity index (χ1v) is 6.39. The molecule has 19 heavy (non-hydrogen) atoms. The Morgan fingerprint density at radius 1 is 1.32 bits per heavy atom. The van der Waals surface area contributed by atoms with Crippen LogP contribution in [-0.4, -0.2) is 22.3 Å². The Morgan fingerprint density at radius 3 is 2.68 bits per heavy atom. The van der Waals surface area contributed by atoms with E-state index in [9.17, 15) is 4.79 Å². The van der Waals surface area contributed by atoms with E-state index in [1.807, 2.05) is 44.2 Å². The summed E-state index contributed by atoms with van der Waals surface area (Å²) < 4.78 is 6.99. The second-order valence-electron chi connectivity index (χ2n) is 4.48. The number of benzene rings is 1. The van der Waals surface area contributed by atoms with Crippen LogP contribution in [-0.2, 0) is 6.42 Å². The molecule has 0 saturated carbocycles. The van der Waals surface area contributed by atoms with Gasteiger partial charge in [-0.1, -0.05) is 25.1 Å². The Labute approximate surface area is 113 Å². The quantitative estimate of drug-likeness (QED) is 0.847. The monoisotopic (exact) mass is 258 g/mol. The van der Waals surface area contributed by atoms with Crippen LogP contribution in [0.15, 0.2) is 30.3 Å². The van der Waals surface area contributed by atoms with Crippen molar-refractivity contribution < 1.29 is 9.53 Å². The van der Waals surface area contributed by atoms with Gasteiger partial charge in [-0.3, -0.25) is 4.79 Å². The summed E-state index contributed by atoms with van der Waals surface area (Å²) in [6.45, 7) is 5.78. The normalized spacial score (nSPS) is 10.5. The molecule has 0 unspecified atom stereocenters. The molecule has 4 heteroatoms. The highest BCUT2D eigenvalue weighted by Gasteiger charge is 2.11. The van der Waals surface area contributed by atoms with Crippen LogP contribution in [0.4, 0.5) is 0 Å². The number of ether oxygens (including phenoxy) is 1. The molecule has 2 rings (SSSR count). The van der Waals surface area contributed by atoms with E-state index in [0.717, 1.165) is 29.1 Å². The topological polar surface area (TPSA) is 44.1 Å². The lowest BCUT2D eigenvalue weighted by Crippen LogP contribution is -2.21. The van der Waals surface area contributed by atoms with Crippen molar-refractivity contribution in [1.82, 2.24) is 9.78 Å². The summed E-state index contributed by atoms with van der Waals surface area (Å²) in [7, 11) is 0. The standard InChI is InChI=1S/C15H18N2O2/c1-4-13-7-5-6-8-14(13)19-10-15(18)17-12(3)9-11(2)16-17/h5-9H,4,10H2,1-3H3. The lowest BCUT2D eigenvalue weighted by atomic mass is 10.1. The number of aryl methyl sites for hydroxylation is 3. The zero-order valence-electron chi connectivity index (χ0n) is 11.5. The fourth-order valence-electron chi connectivity index (χ4n) is 2.02. The van der Waals surface area contributed by atoms with Gasteiger partial charge in [-0.05, 0) is 38.0 Å². The highest BCUT2D eigenvalue weighted by Crippen LogP contribution is 2.18. The Hall–Kier alpha value is -2.10. The number of aromatic nitrogens is 2. The fourth-order valence-corrected chi connectivity index (χ4v) is 2.02. The van der Waals surface area contributed by atoms with Crippen molar-refractivity contribution in [2.75, 3.05) is 6.61 Å². The van der Waals surface area contributed by atoms with Crippen LogP contribution in [0, 0.1) is 13.8 Å².